The largest absolute Gasteiger partial charge is 0.457 e. The Morgan fingerprint density at radius 3 is 2.72 bits per heavy atom. The molecular formula is C14H10BrNO2. The molecular weight excluding hydrogens is 294 g/mol. The van der Waals surface area contributed by atoms with Crippen molar-refractivity contribution in [2.45, 2.75) is 6.61 Å². The van der Waals surface area contributed by atoms with E-state index in [0.717, 1.165) is 10.0 Å². The second-order valence-electron chi connectivity index (χ2n) is 3.69. The summed E-state index contributed by atoms with van der Waals surface area (Å²) < 4.78 is 6.44. The number of benzene rings is 2. The van der Waals surface area contributed by atoms with Gasteiger partial charge in [0.1, 0.15) is 11.5 Å². The molecule has 0 aliphatic heterocycles. The summed E-state index contributed by atoms with van der Waals surface area (Å²) in [5.74, 6) is 1.21. The van der Waals surface area contributed by atoms with Gasteiger partial charge in [-0.1, -0.05) is 28.1 Å². The molecule has 0 aliphatic carbocycles. The number of aliphatic hydroxyl groups is 1. The highest BCUT2D eigenvalue weighted by Crippen LogP contribution is 2.26. The molecule has 0 fully saturated rings. The van der Waals surface area contributed by atoms with Crippen LogP contribution in [0.5, 0.6) is 11.5 Å². The van der Waals surface area contributed by atoms with Crippen molar-refractivity contribution in [3.63, 3.8) is 0 Å². The summed E-state index contributed by atoms with van der Waals surface area (Å²) in [5.41, 5.74) is 1.31. The van der Waals surface area contributed by atoms with E-state index >= 15 is 0 Å². The number of nitrogens with zero attached hydrogens (tertiary/aromatic N) is 1. The van der Waals surface area contributed by atoms with Gasteiger partial charge in [-0.15, -0.1) is 0 Å². The minimum absolute atomic E-state index is 0.0286. The number of rotatable bonds is 3. The molecule has 2 rings (SSSR count). The maximum absolute atomic E-state index is 9.05. The van der Waals surface area contributed by atoms with E-state index in [4.69, 9.17) is 15.1 Å². The summed E-state index contributed by atoms with van der Waals surface area (Å²) in [6.45, 7) is -0.0286. The lowest BCUT2D eigenvalue weighted by atomic mass is 10.2. The van der Waals surface area contributed by atoms with Crippen LogP contribution < -0.4 is 4.74 Å². The third kappa shape index (κ3) is 3.10. The molecule has 0 aromatic heterocycles. The summed E-state index contributed by atoms with van der Waals surface area (Å²) >= 11 is 3.32. The molecule has 0 atom stereocenters. The Balaban J connectivity index is 2.28. The fraction of sp³-hybridized carbons (Fsp3) is 0.0714. The van der Waals surface area contributed by atoms with Crippen molar-refractivity contribution in [1.82, 2.24) is 0 Å². The number of aliphatic hydroxyl groups excluding tert-OH is 1. The zero-order valence-electron chi connectivity index (χ0n) is 9.43. The fourth-order valence-corrected chi connectivity index (χ4v) is 2.00. The maximum Gasteiger partial charge on any atom is 0.129 e. The van der Waals surface area contributed by atoms with E-state index in [-0.39, 0.29) is 6.61 Å². The van der Waals surface area contributed by atoms with Gasteiger partial charge >= 0.3 is 0 Å². The van der Waals surface area contributed by atoms with Gasteiger partial charge in [0, 0.05) is 4.47 Å². The summed E-state index contributed by atoms with van der Waals surface area (Å²) in [6, 6.07) is 14.4. The molecule has 0 unspecified atom stereocenters. The lowest BCUT2D eigenvalue weighted by molar-refractivity contribution is 0.281. The number of hydrogen-bond donors (Lipinski definition) is 1. The van der Waals surface area contributed by atoms with E-state index in [1.165, 1.54) is 0 Å². The number of hydrogen-bond acceptors (Lipinski definition) is 3. The smallest absolute Gasteiger partial charge is 0.129 e. The van der Waals surface area contributed by atoms with Crippen LogP contribution in [0.1, 0.15) is 11.1 Å². The first-order chi connectivity index (χ1) is 8.71. The molecule has 4 heteroatoms. The zero-order valence-corrected chi connectivity index (χ0v) is 11.0. The molecule has 2 aromatic carbocycles. The van der Waals surface area contributed by atoms with Crippen LogP contribution in [-0.2, 0) is 6.61 Å². The molecule has 0 spiro atoms. The van der Waals surface area contributed by atoms with Crippen molar-refractivity contribution in [2.75, 3.05) is 0 Å². The number of halogens is 1. The fourth-order valence-electron chi connectivity index (χ4n) is 1.53. The highest BCUT2D eigenvalue weighted by atomic mass is 79.9. The Labute approximate surface area is 113 Å². The van der Waals surface area contributed by atoms with E-state index < -0.39 is 0 Å². The molecule has 0 heterocycles. The molecule has 90 valence electrons. The molecule has 3 nitrogen and oxygen atoms in total. The van der Waals surface area contributed by atoms with Gasteiger partial charge in [-0.05, 0) is 35.9 Å². The third-order valence-electron chi connectivity index (χ3n) is 2.32. The minimum atomic E-state index is -0.0286. The third-order valence-corrected chi connectivity index (χ3v) is 2.77. The van der Waals surface area contributed by atoms with Crippen molar-refractivity contribution >= 4 is 15.9 Å². The molecule has 0 amide bonds. The average molecular weight is 304 g/mol. The van der Waals surface area contributed by atoms with Gasteiger partial charge in [0.05, 0.1) is 18.2 Å². The predicted octanol–water partition coefficient (Wildman–Crippen LogP) is 3.61. The summed E-state index contributed by atoms with van der Waals surface area (Å²) in [4.78, 5) is 0. The van der Waals surface area contributed by atoms with Gasteiger partial charge in [0.25, 0.3) is 0 Å². The van der Waals surface area contributed by atoms with E-state index in [9.17, 15) is 0 Å². The van der Waals surface area contributed by atoms with Crippen molar-refractivity contribution in [2.24, 2.45) is 0 Å². The molecule has 0 saturated heterocycles. The molecule has 0 saturated carbocycles. The van der Waals surface area contributed by atoms with Crippen LogP contribution in [0.2, 0.25) is 0 Å². The molecule has 0 aliphatic rings. The topological polar surface area (TPSA) is 53.2 Å². The standard InChI is InChI=1S/C14H10BrNO2/c15-12-4-11(8-16)6-14(7-12)18-13-3-1-2-10(5-13)9-17/h1-7,17H,9H2. The monoisotopic (exact) mass is 303 g/mol. The second kappa shape index (κ2) is 5.67. The van der Waals surface area contributed by atoms with Crippen LogP contribution in [0.3, 0.4) is 0 Å². The average Bonchev–Trinajstić information content (AvgIpc) is 2.38. The Morgan fingerprint density at radius 2 is 2.00 bits per heavy atom. The van der Waals surface area contributed by atoms with Crippen LogP contribution in [0.15, 0.2) is 46.9 Å². The van der Waals surface area contributed by atoms with Gasteiger partial charge in [0.2, 0.25) is 0 Å². The normalized spacial score (nSPS) is 9.83. The Morgan fingerprint density at radius 1 is 1.17 bits per heavy atom. The molecule has 18 heavy (non-hydrogen) atoms. The molecule has 2 aromatic rings. The highest BCUT2D eigenvalue weighted by Gasteiger charge is 2.02. The Bertz CT molecular complexity index is 605. The van der Waals surface area contributed by atoms with Gasteiger partial charge in [-0.3, -0.25) is 0 Å². The van der Waals surface area contributed by atoms with Gasteiger partial charge < -0.3 is 9.84 Å². The Kier molecular flexibility index (Phi) is 3.98. The van der Waals surface area contributed by atoms with Crippen molar-refractivity contribution in [1.29, 1.82) is 5.26 Å². The van der Waals surface area contributed by atoms with Crippen molar-refractivity contribution in [3.05, 3.63) is 58.1 Å². The van der Waals surface area contributed by atoms with Crippen LogP contribution in [-0.4, -0.2) is 5.11 Å². The van der Waals surface area contributed by atoms with Gasteiger partial charge in [0.15, 0.2) is 0 Å². The first kappa shape index (κ1) is 12.6. The Hall–Kier alpha value is -1.83. The van der Waals surface area contributed by atoms with E-state index in [0.29, 0.717) is 17.1 Å². The summed E-state index contributed by atoms with van der Waals surface area (Å²) in [5, 5.41) is 17.9. The summed E-state index contributed by atoms with van der Waals surface area (Å²) in [7, 11) is 0. The number of nitriles is 1. The SMILES string of the molecule is N#Cc1cc(Br)cc(Oc2cccc(CO)c2)c1. The molecule has 0 bridgehead atoms. The molecule has 0 radical (unpaired) electrons. The van der Waals surface area contributed by atoms with E-state index in [2.05, 4.69) is 22.0 Å². The van der Waals surface area contributed by atoms with E-state index in [1.807, 2.05) is 12.1 Å². The van der Waals surface area contributed by atoms with E-state index in [1.54, 1.807) is 30.3 Å². The van der Waals surface area contributed by atoms with Crippen LogP contribution >= 0.6 is 15.9 Å². The van der Waals surface area contributed by atoms with Crippen molar-refractivity contribution in [3.8, 4) is 17.6 Å². The van der Waals surface area contributed by atoms with Crippen LogP contribution in [0.25, 0.3) is 0 Å². The second-order valence-corrected chi connectivity index (χ2v) is 4.61. The minimum Gasteiger partial charge on any atom is -0.457 e. The quantitative estimate of drug-likeness (QED) is 0.942. The van der Waals surface area contributed by atoms with Crippen LogP contribution in [0.4, 0.5) is 0 Å². The zero-order chi connectivity index (χ0) is 13.0. The van der Waals surface area contributed by atoms with Gasteiger partial charge in [-0.25, -0.2) is 0 Å². The van der Waals surface area contributed by atoms with Gasteiger partial charge in [-0.2, -0.15) is 5.26 Å². The lowest BCUT2D eigenvalue weighted by Crippen LogP contribution is -1.88. The first-order valence-corrected chi connectivity index (χ1v) is 6.09. The number of ether oxygens (including phenoxy) is 1. The predicted molar refractivity (Wildman–Crippen MR) is 71.3 cm³/mol. The lowest BCUT2D eigenvalue weighted by Gasteiger charge is -2.07. The maximum atomic E-state index is 9.05. The van der Waals surface area contributed by atoms with Crippen LogP contribution in [0, 0.1) is 11.3 Å². The summed E-state index contributed by atoms with van der Waals surface area (Å²) in [6.07, 6.45) is 0. The van der Waals surface area contributed by atoms with Crippen molar-refractivity contribution < 1.29 is 9.84 Å². The molecule has 1 N–H and O–H groups in total. The first-order valence-electron chi connectivity index (χ1n) is 5.29. The highest BCUT2D eigenvalue weighted by molar-refractivity contribution is 9.10.